The van der Waals surface area contributed by atoms with Crippen molar-refractivity contribution in [2.24, 2.45) is 10.8 Å². The van der Waals surface area contributed by atoms with Gasteiger partial charge >= 0.3 is 0 Å². The lowest BCUT2D eigenvalue weighted by Gasteiger charge is -2.38. The van der Waals surface area contributed by atoms with Gasteiger partial charge in [-0.15, -0.1) is 0 Å². The molecule has 1 aromatic carbocycles. The lowest BCUT2D eigenvalue weighted by atomic mass is 9.67. The number of aliphatic hydroxyl groups is 1. The van der Waals surface area contributed by atoms with Crippen molar-refractivity contribution in [2.75, 3.05) is 13.2 Å². The highest BCUT2D eigenvalue weighted by Crippen LogP contribution is 2.48. The number of likely N-dealkylation sites (tertiary alicyclic amines) is 1. The molecule has 1 aliphatic rings. The van der Waals surface area contributed by atoms with E-state index in [-0.39, 0.29) is 17.4 Å². The molecule has 2 rings (SSSR count). The van der Waals surface area contributed by atoms with E-state index in [1.54, 1.807) is 0 Å². The molecule has 106 valence electrons. The second kappa shape index (κ2) is 5.26. The Hall–Kier alpha value is -0.860. The molecule has 0 saturated carbocycles. The fraction of sp³-hybridized carbons (Fsp3) is 0.647. The van der Waals surface area contributed by atoms with Gasteiger partial charge in [0.1, 0.15) is 0 Å². The molecular formula is C17H27NO. The van der Waals surface area contributed by atoms with Gasteiger partial charge in [0.2, 0.25) is 0 Å². The first kappa shape index (κ1) is 14.5. The summed E-state index contributed by atoms with van der Waals surface area (Å²) >= 11 is 0. The van der Waals surface area contributed by atoms with Gasteiger partial charge in [-0.2, -0.15) is 0 Å². The second-order valence-electron chi connectivity index (χ2n) is 7.24. The van der Waals surface area contributed by atoms with Crippen LogP contribution in [0.4, 0.5) is 0 Å². The topological polar surface area (TPSA) is 23.5 Å². The zero-order valence-corrected chi connectivity index (χ0v) is 12.7. The summed E-state index contributed by atoms with van der Waals surface area (Å²) in [4.78, 5) is 2.45. The summed E-state index contributed by atoms with van der Waals surface area (Å²) in [5.41, 5.74) is 1.88. The van der Waals surface area contributed by atoms with Gasteiger partial charge in [0, 0.05) is 19.1 Å². The maximum atomic E-state index is 9.67. The first-order valence-electron chi connectivity index (χ1n) is 7.24. The van der Waals surface area contributed by atoms with Crippen LogP contribution in [0.5, 0.6) is 0 Å². The van der Waals surface area contributed by atoms with E-state index >= 15 is 0 Å². The van der Waals surface area contributed by atoms with E-state index in [9.17, 15) is 5.11 Å². The fourth-order valence-corrected chi connectivity index (χ4v) is 3.02. The van der Waals surface area contributed by atoms with Crippen LogP contribution in [-0.2, 0) is 6.54 Å². The zero-order valence-electron chi connectivity index (χ0n) is 12.7. The Morgan fingerprint density at radius 2 is 1.89 bits per heavy atom. The van der Waals surface area contributed by atoms with Gasteiger partial charge in [0.25, 0.3) is 0 Å². The molecule has 1 aromatic rings. The minimum absolute atomic E-state index is 0.262. The number of benzene rings is 1. The van der Waals surface area contributed by atoms with Crippen molar-refractivity contribution in [1.82, 2.24) is 4.90 Å². The number of hydrogen-bond donors (Lipinski definition) is 1. The van der Waals surface area contributed by atoms with Crippen LogP contribution in [0.3, 0.4) is 0 Å². The maximum Gasteiger partial charge on any atom is 0.0587 e. The second-order valence-corrected chi connectivity index (χ2v) is 7.24. The molecule has 2 heteroatoms. The summed E-state index contributed by atoms with van der Waals surface area (Å²) in [5.74, 6) is 0. The SMILES string of the molecule is CC(C)(C)[C@]1(C)C[C@@H](CO)N(Cc2ccccc2)C1. The van der Waals surface area contributed by atoms with Gasteiger partial charge in [-0.25, -0.2) is 0 Å². The maximum absolute atomic E-state index is 9.67. The first-order valence-corrected chi connectivity index (χ1v) is 7.24. The van der Waals surface area contributed by atoms with Crippen molar-refractivity contribution >= 4 is 0 Å². The molecule has 2 atom stereocenters. The number of hydrogen-bond acceptors (Lipinski definition) is 2. The van der Waals surface area contributed by atoms with Crippen LogP contribution in [0.15, 0.2) is 30.3 Å². The van der Waals surface area contributed by atoms with Crippen LogP contribution >= 0.6 is 0 Å². The monoisotopic (exact) mass is 261 g/mol. The van der Waals surface area contributed by atoms with Crippen molar-refractivity contribution < 1.29 is 5.11 Å². The number of nitrogens with zero attached hydrogens (tertiary/aromatic N) is 1. The van der Waals surface area contributed by atoms with Crippen molar-refractivity contribution in [2.45, 2.75) is 46.7 Å². The predicted octanol–water partition coefficient (Wildman–Crippen LogP) is 3.31. The highest BCUT2D eigenvalue weighted by molar-refractivity contribution is 5.15. The third kappa shape index (κ3) is 3.01. The van der Waals surface area contributed by atoms with Gasteiger partial charge < -0.3 is 5.11 Å². The van der Waals surface area contributed by atoms with E-state index in [1.807, 2.05) is 0 Å². The van der Waals surface area contributed by atoms with Crippen LogP contribution in [0, 0.1) is 10.8 Å². The molecule has 1 fully saturated rings. The van der Waals surface area contributed by atoms with E-state index in [0.29, 0.717) is 6.04 Å². The largest absolute Gasteiger partial charge is 0.395 e. The van der Waals surface area contributed by atoms with Gasteiger partial charge in [-0.05, 0) is 22.8 Å². The quantitative estimate of drug-likeness (QED) is 0.902. The average Bonchev–Trinajstić information content (AvgIpc) is 2.68. The predicted molar refractivity (Wildman–Crippen MR) is 79.9 cm³/mol. The summed E-state index contributed by atoms with van der Waals surface area (Å²) in [7, 11) is 0. The molecular weight excluding hydrogens is 234 g/mol. The molecule has 0 aromatic heterocycles. The van der Waals surface area contributed by atoms with Crippen molar-refractivity contribution in [3.63, 3.8) is 0 Å². The van der Waals surface area contributed by atoms with Crippen LogP contribution < -0.4 is 0 Å². The average molecular weight is 261 g/mol. The molecule has 0 unspecified atom stereocenters. The van der Waals surface area contributed by atoms with E-state index in [1.165, 1.54) is 5.56 Å². The lowest BCUT2D eigenvalue weighted by molar-refractivity contribution is 0.113. The van der Waals surface area contributed by atoms with Crippen molar-refractivity contribution in [3.8, 4) is 0 Å². The molecule has 1 saturated heterocycles. The molecule has 1 N–H and O–H groups in total. The van der Waals surface area contributed by atoms with Gasteiger partial charge in [0.15, 0.2) is 0 Å². The fourth-order valence-electron chi connectivity index (χ4n) is 3.02. The first-order chi connectivity index (χ1) is 8.86. The molecule has 0 bridgehead atoms. The molecule has 19 heavy (non-hydrogen) atoms. The van der Waals surface area contributed by atoms with Crippen LogP contribution in [-0.4, -0.2) is 29.2 Å². The summed E-state index contributed by atoms with van der Waals surface area (Å²) in [5, 5.41) is 9.67. The lowest BCUT2D eigenvalue weighted by Crippen LogP contribution is -2.36. The Labute approximate surface area is 117 Å². The Morgan fingerprint density at radius 3 is 2.42 bits per heavy atom. The molecule has 0 aliphatic carbocycles. The Bertz CT molecular complexity index is 409. The Morgan fingerprint density at radius 1 is 1.26 bits per heavy atom. The molecule has 2 nitrogen and oxygen atoms in total. The molecule has 0 spiro atoms. The minimum Gasteiger partial charge on any atom is -0.395 e. The highest BCUT2D eigenvalue weighted by Gasteiger charge is 2.47. The Balaban J connectivity index is 2.13. The Kier molecular flexibility index (Phi) is 4.03. The molecule has 0 amide bonds. The van der Waals surface area contributed by atoms with Gasteiger partial charge in [-0.1, -0.05) is 58.0 Å². The summed E-state index contributed by atoms with van der Waals surface area (Å²) in [6.07, 6.45) is 1.08. The number of rotatable bonds is 3. The molecule has 1 aliphatic heterocycles. The molecule has 0 radical (unpaired) electrons. The van der Waals surface area contributed by atoms with Crippen LogP contribution in [0.2, 0.25) is 0 Å². The van der Waals surface area contributed by atoms with Crippen LogP contribution in [0.25, 0.3) is 0 Å². The van der Waals surface area contributed by atoms with Gasteiger partial charge in [0.05, 0.1) is 6.61 Å². The number of aliphatic hydroxyl groups excluding tert-OH is 1. The van der Waals surface area contributed by atoms with Crippen LogP contribution in [0.1, 0.15) is 39.7 Å². The van der Waals surface area contributed by atoms with E-state index in [2.05, 4.69) is 62.9 Å². The van der Waals surface area contributed by atoms with E-state index in [4.69, 9.17) is 0 Å². The molecule has 1 heterocycles. The standard InChI is InChI=1S/C17H27NO/c1-16(2,3)17(4)10-15(12-19)18(13-17)11-14-8-6-5-7-9-14/h5-9,15,19H,10-13H2,1-4H3/t15-,17+/m0/s1. The van der Waals surface area contributed by atoms with E-state index in [0.717, 1.165) is 19.5 Å². The summed E-state index contributed by atoms with van der Waals surface area (Å²) in [6, 6.07) is 10.9. The van der Waals surface area contributed by atoms with Crippen molar-refractivity contribution in [3.05, 3.63) is 35.9 Å². The third-order valence-electron chi connectivity index (χ3n) is 5.00. The smallest absolute Gasteiger partial charge is 0.0587 e. The van der Waals surface area contributed by atoms with Gasteiger partial charge in [-0.3, -0.25) is 4.90 Å². The summed E-state index contributed by atoms with van der Waals surface area (Å²) in [6.45, 7) is 11.6. The zero-order chi connectivity index (χ0) is 14.1. The third-order valence-corrected chi connectivity index (χ3v) is 5.00. The van der Waals surface area contributed by atoms with Crippen molar-refractivity contribution in [1.29, 1.82) is 0 Å². The highest BCUT2D eigenvalue weighted by atomic mass is 16.3. The minimum atomic E-state index is 0.262. The van der Waals surface area contributed by atoms with E-state index < -0.39 is 0 Å². The summed E-state index contributed by atoms with van der Waals surface area (Å²) < 4.78 is 0. The normalized spacial score (nSPS) is 28.8.